The maximum atomic E-state index is 14.8. The normalized spacial score (nSPS) is 15.2. The average Bonchev–Trinajstić information content (AvgIpc) is 3.47. The highest BCUT2D eigenvalue weighted by atomic mass is 19.1. The van der Waals surface area contributed by atoms with E-state index >= 15 is 0 Å². The van der Waals surface area contributed by atoms with Crippen LogP contribution in [0.25, 0.3) is 11.3 Å². The van der Waals surface area contributed by atoms with Gasteiger partial charge in [0.25, 0.3) is 5.91 Å². The fourth-order valence-electron chi connectivity index (χ4n) is 4.67. The van der Waals surface area contributed by atoms with Crippen LogP contribution in [0.1, 0.15) is 67.3 Å². The van der Waals surface area contributed by atoms with Crippen molar-refractivity contribution in [1.29, 1.82) is 0 Å². The number of amides is 2. The molecule has 2 amide bonds. The molecule has 1 aliphatic heterocycles. The van der Waals surface area contributed by atoms with Gasteiger partial charge in [-0.1, -0.05) is 17.3 Å². The van der Waals surface area contributed by atoms with E-state index in [4.69, 9.17) is 4.74 Å². The SMILES string of the molecule is Cc1cc(-c2nc(Nc3cnn(C4CN(C(=O)OC(C)(C)C)C4)c3)ncc2F)ccc1CNC(=O)c1cn(C2CC2)nn1. The van der Waals surface area contributed by atoms with E-state index in [-0.39, 0.29) is 35.4 Å². The number of aromatic nitrogens is 7. The number of nitrogens with zero attached hydrogens (tertiary/aromatic N) is 8. The van der Waals surface area contributed by atoms with Crippen LogP contribution in [0.3, 0.4) is 0 Å². The van der Waals surface area contributed by atoms with Crippen LogP contribution in [0.2, 0.25) is 0 Å². The largest absolute Gasteiger partial charge is 0.444 e. The second-order valence-electron chi connectivity index (χ2n) is 11.9. The Kier molecular flexibility index (Phi) is 7.28. The highest BCUT2D eigenvalue weighted by Crippen LogP contribution is 2.33. The summed E-state index contributed by atoms with van der Waals surface area (Å²) in [5.41, 5.74) is 2.85. The van der Waals surface area contributed by atoms with Gasteiger partial charge in [0.15, 0.2) is 11.5 Å². The van der Waals surface area contributed by atoms with Crippen LogP contribution in [0.4, 0.5) is 20.8 Å². The van der Waals surface area contributed by atoms with Crippen molar-refractivity contribution < 1.29 is 18.7 Å². The van der Waals surface area contributed by atoms with Gasteiger partial charge in [0.05, 0.1) is 36.4 Å². The van der Waals surface area contributed by atoms with Crippen molar-refractivity contribution in [1.82, 2.24) is 45.0 Å². The molecular formula is C29H33FN10O3. The number of benzene rings is 1. The van der Waals surface area contributed by atoms with Crippen molar-refractivity contribution in [2.24, 2.45) is 0 Å². The summed E-state index contributed by atoms with van der Waals surface area (Å²) in [6, 6.07) is 5.80. The molecule has 1 saturated heterocycles. The Bertz CT molecular complexity index is 1670. The second kappa shape index (κ2) is 11.1. The molecule has 3 aromatic heterocycles. The first-order valence-electron chi connectivity index (χ1n) is 14.1. The predicted octanol–water partition coefficient (Wildman–Crippen LogP) is 4.18. The molecule has 1 aliphatic carbocycles. The summed E-state index contributed by atoms with van der Waals surface area (Å²) in [6.07, 6.45) is 7.99. The molecule has 0 spiro atoms. The van der Waals surface area contributed by atoms with E-state index in [0.717, 1.165) is 30.2 Å². The number of nitrogens with one attached hydrogen (secondary N) is 2. The fourth-order valence-corrected chi connectivity index (χ4v) is 4.67. The number of hydrogen-bond acceptors (Lipinski definition) is 9. The van der Waals surface area contributed by atoms with E-state index in [1.54, 1.807) is 38.9 Å². The lowest BCUT2D eigenvalue weighted by molar-refractivity contribution is -0.000388. The van der Waals surface area contributed by atoms with E-state index in [1.807, 2.05) is 39.8 Å². The predicted molar refractivity (Wildman–Crippen MR) is 154 cm³/mol. The minimum Gasteiger partial charge on any atom is -0.444 e. The number of ether oxygens (including phenoxy) is 1. The lowest BCUT2D eigenvalue weighted by Crippen LogP contribution is -2.52. The third-order valence-corrected chi connectivity index (χ3v) is 7.21. The topological polar surface area (TPSA) is 145 Å². The molecule has 2 N–H and O–H groups in total. The number of carbonyl (C=O) groups is 2. The molecule has 4 heterocycles. The number of hydrogen-bond donors (Lipinski definition) is 2. The minimum absolute atomic E-state index is 0.0238. The third-order valence-electron chi connectivity index (χ3n) is 7.21. The van der Waals surface area contributed by atoms with Crippen molar-refractivity contribution in [2.75, 3.05) is 18.4 Å². The first-order valence-corrected chi connectivity index (χ1v) is 14.1. The maximum absolute atomic E-state index is 14.8. The fraction of sp³-hybridized carbons (Fsp3) is 0.414. The smallest absolute Gasteiger partial charge is 0.410 e. The van der Waals surface area contributed by atoms with Crippen LogP contribution < -0.4 is 10.6 Å². The molecular weight excluding hydrogens is 555 g/mol. The number of anilines is 2. The minimum atomic E-state index is -0.558. The number of aryl methyl sites for hydroxylation is 1. The Morgan fingerprint density at radius 1 is 1.09 bits per heavy atom. The Morgan fingerprint density at radius 3 is 2.60 bits per heavy atom. The summed E-state index contributed by atoms with van der Waals surface area (Å²) in [5, 5.41) is 18.3. The number of rotatable bonds is 8. The monoisotopic (exact) mass is 588 g/mol. The van der Waals surface area contributed by atoms with E-state index in [9.17, 15) is 14.0 Å². The van der Waals surface area contributed by atoms with Gasteiger partial charge < -0.3 is 20.3 Å². The quantitative estimate of drug-likeness (QED) is 0.310. The van der Waals surface area contributed by atoms with Gasteiger partial charge in [0.1, 0.15) is 11.3 Å². The molecule has 4 aromatic rings. The molecule has 0 atom stereocenters. The maximum Gasteiger partial charge on any atom is 0.410 e. The van der Waals surface area contributed by atoms with Gasteiger partial charge in [0.2, 0.25) is 5.95 Å². The summed E-state index contributed by atoms with van der Waals surface area (Å²) >= 11 is 0. The molecule has 2 fully saturated rings. The number of carbonyl (C=O) groups excluding carboxylic acids is 2. The molecule has 1 saturated carbocycles. The van der Waals surface area contributed by atoms with Gasteiger partial charge in [-0.3, -0.25) is 9.48 Å². The number of likely N-dealkylation sites (tertiary alicyclic amines) is 1. The molecule has 0 radical (unpaired) electrons. The third kappa shape index (κ3) is 6.47. The lowest BCUT2D eigenvalue weighted by Gasteiger charge is -2.39. The van der Waals surface area contributed by atoms with E-state index in [1.165, 1.54) is 0 Å². The van der Waals surface area contributed by atoms with Gasteiger partial charge in [-0.25, -0.2) is 23.8 Å². The van der Waals surface area contributed by atoms with E-state index < -0.39 is 11.4 Å². The lowest BCUT2D eigenvalue weighted by atomic mass is 10.0. The molecule has 13 nitrogen and oxygen atoms in total. The molecule has 224 valence electrons. The molecule has 1 aromatic carbocycles. The standard InChI is InChI=1S/C29H33FN10O3/c1-17-9-18(5-6-19(17)10-31-26(41)24-16-40(37-36-24)21-7-8-21)25-23(30)12-32-27(35-25)34-20-11-33-39(13-20)22-14-38(15-22)28(42)43-29(2,3)4/h5-6,9,11-13,16,21-22H,7-8,10,14-15H2,1-4H3,(H,31,41)(H,32,34,35). The Morgan fingerprint density at radius 2 is 1.88 bits per heavy atom. The van der Waals surface area contributed by atoms with Crippen LogP contribution in [0.5, 0.6) is 0 Å². The zero-order chi connectivity index (χ0) is 30.3. The van der Waals surface area contributed by atoms with Crippen molar-refractivity contribution in [3.8, 4) is 11.3 Å². The summed E-state index contributed by atoms with van der Waals surface area (Å²) in [6.45, 7) is 8.68. The van der Waals surface area contributed by atoms with Crippen molar-refractivity contribution >= 4 is 23.6 Å². The van der Waals surface area contributed by atoms with Crippen molar-refractivity contribution in [2.45, 2.75) is 64.8 Å². The molecule has 0 unspecified atom stereocenters. The molecule has 6 rings (SSSR count). The Balaban J connectivity index is 1.07. The second-order valence-corrected chi connectivity index (χ2v) is 11.9. The molecule has 43 heavy (non-hydrogen) atoms. The van der Waals surface area contributed by atoms with Crippen LogP contribution in [-0.2, 0) is 11.3 Å². The summed E-state index contributed by atoms with van der Waals surface area (Å²) in [5.74, 6) is -0.640. The van der Waals surface area contributed by atoms with Crippen molar-refractivity contribution in [3.05, 3.63) is 65.6 Å². The van der Waals surface area contributed by atoms with E-state index in [2.05, 4.69) is 36.0 Å². The molecule has 14 heteroatoms. The van der Waals surface area contributed by atoms with Gasteiger partial charge >= 0.3 is 6.09 Å². The van der Waals surface area contributed by atoms with E-state index in [0.29, 0.717) is 36.9 Å². The zero-order valence-electron chi connectivity index (χ0n) is 24.4. The summed E-state index contributed by atoms with van der Waals surface area (Å²) in [7, 11) is 0. The highest BCUT2D eigenvalue weighted by Gasteiger charge is 2.35. The average molecular weight is 589 g/mol. The highest BCUT2D eigenvalue weighted by molar-refractivity contribution is 5.91. The summed E-state index contributed by atoms with van der Waals surface area (Å²) in [4.78, 5) is 34.9. The first-order chi connectivity index (χ1) is 20.5. The van der Waals surface area contributed by atoms with Crippen LogP contribution in [-0.4, -0.2) is 70.3 Å². The molecule has 2 aliphatic rings. The van der Waals surface area contributed by atoms with Gasteiger partial charge in [-0.05, 0) is 57.7 Å². The first kappa shape index (κ1) is 28.2. The van der Waals surface area contributed by atoms with Gasteiger partial charge in [-0.15, -0.1) is 5.10 Å². The summed E-state index contributed by atoms with van der Waals surface area (Å²) < 4.78 is 23.7. The van der Waals surface area contributed by atoms with Crippen LogP contribution in [0.15, 0.2) is 43.0 Å². The Hall–Kier alpha value is -4.88. The van der Waals surface area contributed by atoms with Crippen molar-refractivity contribution in [3.63, 3.8) is 0 Å². The van der Waals surface area contributed by atoms with Gasteiger partial charge in [-0.2, -0.15) is 5.10 Å². The zero-order valence-corrected chi connectivity index (χ0v) is 24.4. The van der Waals surface area contributed by atoms with Crippen LogP contribution in [0, 0.1) is 12.7 Å². The van der Waals surface area contributed by atoms with Gasteiger partial charge in [0, 0.05) is 31.4 Å². The number of halogens is 1. The Labute approximate surface area is 247 Å². The van der Waals surface area contributed by atoms with Crippen LogP contribution >= 0.6 is 0 Å². The molecule has 0 bridgehead atoms.